The molecule has 1 aromatic rings. The summed E-state index contributed by atoms with van der Waals surface area (Å²) in [6, 6.07) is 6.50. The highest BCUT2D eigenvalue weighted by Crippen LogP contribution is 2.27. The minimum Gasteiger partial charge on any atom is -0.326 e. The minimum absolute atomic E-state index is 0.0171. The normalized spacial score (nSPS) is 26.6. The van der Waals surface area contributed by atoms with Crippen LogP contribution in [0.1, 0.15) is 31.7 Å². The molecule has 3 rings (SSSR count). The number of nitrogens with one attached hydrogen (secondary N) is 3. The van der Waals surface area contributed by atoms with E-state index in [9.17, 15) is 14.4 Å². The lowest BCUT2D eigenvalue weighted by Crippen LogP contribution is -2.40. The maximum Gasteiger partial charge on any atom is 0.322 e. The molecule has 1 heterocycles. The largest absolute Gasteiger partial charge is 0.326 e. The number of hydrogen-bond acceptors (Lipinski definition) is 3. The van der Waals surface area contributed by atoms with Crippen LogP contribution in [0.2, 0.25) is 0 Å². The highest BCUT2D eigenvalue weighted by molar-refractivity contribution is 6.07. The van der Waals surface area contributed by atoms with Gasteiger partial charge in [-0.15, -0.1) is 0 Å². The monoisotopic (exact) mass is 313 g/mol. The molecule has 23 heavy (non-hydrogen) atoms. The Morgan fingerprint density at radius 2 is 2.13 bits per heavy atom. The van der Waals surface area contributed by atoms with Crippen LogP contribution in [0.3, 0.4) is 0 Å². The molecule has 0 bridgehead atoms. The Morgan fingerprint density at radius 1 is 1.30 bits per heavy atom. The van der Waals surface area contributed by atoms with Crippen LogP contribution in [0, 0.1) is 5.92 Å². The molecular weight excluding hydrogens is 294 g/mol. The predicted octanol–water partition coefficient (Wildman–Crippen LogP) is 2.04. The Kier molecular flexibility index (Phi) is 3.90. The van der Waals surface area contributed by atoms with Crippen LogP contribution < -0.4 is 16.0 Å². The van der Waals surface area contributed by atoms with Gasteiger partial charge in [0, 0.05) is 11.6 Å². The molecule has 2 unspecified atom stereocenters. The molecule has 1 aliphatic carbocycles. The highest BCUT2D eigenvalue weighted by atomic mass is 16.2. The van der Waals surface area contributed by atoms with E-state index in [4.69, 9.17) is 0 Å². The molecule has 0 aromatic heterocycles. The van der Waals surface area contributed by atoms with Crippen LogP contribution in [0.5, 0.6) is 0 Å². The van der Waals surface area contributed by atoms with E-state index in [1.54, 1.807) is 31.2 Å². The van der Waals surface area contributed by atoms with Gasteiger partial charge in [-0.2, -0.15) is 0 Å². The van der Waals surface area contributed by atoms with Crippen molar-refractivity contribution in [2.75, 3.05) is 5.32 Å². The van der Waals surface area contributed by atoms with Crippen LogP contribution in [-0.2, 0) is 15.1 Å². The highest BCUT2D eigenvalue weighted by Gasteiger charge is 2.43. The number of hydrogen-bond donors (Lipinski definition) is 3. The zero-order valence-electron chi connectivity index (χ0n) is 12.9. The molecule has 1 fully saturated rings. The molecule has 2 aliphatic rings. The van der Waals surface area contributed by atoms with Gasteiger partial charge in [-0.1, -0.05) is 24.3 Å². The summed E-state index contributed by atoms with van der Waals surface area (Å²) in [5.74, 6) is -0.436. The first-order valence-electron chi connectivity index (χ1n) is 7.69. The summed E-state index contributed by atoms with van der Waals surface area (Å²) in [6.07, 6.45) is 6.64. The molecule has 120 valence electrons. The van der Waals surface area contributed by atoms with Crippen molar-refractivity contribution < 1.29 is 14.4 Å². The second kappa shape index (κ2) is 5.87. The quantitative estimate of drug-likeness (QED) is 0.589. The Bertz CT molecular complexity index is 698. The van der Waals surface area contributed by atoms with Crippen molar-refractivity contribution in [1.29, 1.82) is 0 Å². The van der Waals surface area contributed by atoms with Gasteiger partial charge in [-0.05, 0) is 43.9 Å². The number of anilines is 1. The van der Waals surface area contributed by atoms with Crippen molar-refractivity contribution in [1.82, 2.24) is 10.6 Å². The van der Waals surface area contributed by atoms with Crippen molar-refractivity contribution in [3.05, 3.63) is 42.0 Å². The summed E-state index contributed by atoms with van der Waals surface area (Å²) in [5.41, 5.74) is 0.130. The summed E-state index contributed by atoms with van der Waals surface area (Å²) >= 11 is 0. The van der Waals surface area contributed by atoms with Gasteiger partial charge in [-0.25, -0.2) is 4.79 Å². The second-order valence-corrected chi connectivity index (χ2v) is 6.08. The van der Waals surface area contributed by atoms with Crippen molar-refractivity contribution in [3.63, 3.8) is 0 Å². The smallest absolute Gasteiger partial charge is 0.322 e. The Morgan fingerprint density at radius 3 is 2.78 bits per heavy atom. The summed E-state index contributed by atoms with van der Waals surface area (Å²) in [4.78, 5) is 35.7. The van der Waals surface area contributed by atoms with E-state index in [-0.39, 0.29) is 11.8 Å². The van der Waals surface area contributed by atoms with Crippen LogP contribution >= 0.6 is 0 Å². The van der Waals surface area contributed by atoms with Crippen molar-refractivity contribution in [3.8, 4) is 0 Å². The van der Waals surface area contributed by atoms with Crippen molar-refractivity contribution in [2.45, 2.75) is 31.7 Å². The third-order valence-electron chi connectivity index (χ3n) is 4.39. The summed E-state index contributed by atoms with van der Waals surface area (Å²) in [6.45, 7) is 1.64. The number of imide groups is 1. The summed E-state index contributed by atoms with van der Waals surface area (Å²) < 4.78 is 0. The van der Waals surface area contributed by atoms with E-state index in [0.29, 0.717) is 11.3 Å². The fourth-order valence-corrected chi connectivity index (χ4v) is 2.93. The van der Waals surface area contributed by atoms with Gasteiger partial charge in [0.05, 0.1) is 0 Å². The van der Waals surface area contributed by atoms with E-state index in [2.05, 4.69) is 22.0 Å². The lowest BCUT2D eigenvalue weighted by Gasteiger charge is -2.22. The van der Waals surface area contributed by atoms with Crippen molar-refractivity contribution >= 4 is 23.5 Å². The number of carbonyl (C=O) groups excluding carboxylic acids is 3. The molecule has 1 aromatic carbocycles. The van der Waals surface area contributed by atoms with Crippen LogP contribution in [0.4, 0.5) is 10.5 Å². The van der Waals surface area contributed by atoms with Gasteiger partial charge >= 0.3 is 6.03 Å². The zero-order valence-corrected chi connectivity index (χ0v) is 12.9. The van der Waals surface area contributed by atoms with Gasteiger partial charge in [0.1, 0.15) is 5.54 Å². The molecule has 4 amide bonds. The predicted molar refractivity (Wildman–Crippen MR) is 85.6 cm³/mol. The lowest BCUT2D eigenvalue weighted by molar-refractivity contribution is -0.123. The lowest BCUT2D eigenvalue weighted by atomic mass is 9.91. The standard InChI is InChI=1S/C17H19N3O3/c1-17(15(22)19-16(23)20-17)12-8-5-9-13(10-12)18-14(21)11-6-3-2-4-7-11/h2-3,5,8-11H,4,6-7H2,1H3,(H,18,21)(H2,19,20,22,23). The first-order valence-corrected chi connectivity index (χ1v) is 7.69. The molecule has 0 saturated carbocycles. The summed E-state index contributed by atoms with van der Waals surface area (Å²) in [7, 11) is 0. The van der Waals surface area contributed by atoms with Gasteiger partial charge < -0.3 is 10.6 Å². The molecule has 0 radical (unpaired) electrons. The number of carbonyl (C=O) groups is 3. The third kappa shape index (κ3) is 2.97. The maximum atomic E-state index is 12.3. The van der Waals surface area contributed by atoms with E-state index < -0.39 is 17.5 Å². The number of urea groups is 1. The Hall–Kier alpha value is -2.63. The minimum atomic E-state index is -1.12. The molecule has 1 saturated heterocycles. The van der Waals surface area contributed by atoms with E-state index in [0.717, 1.165) is 19.3 Å². The fraction of sp³-hybridized carbons (Fsp3) is 0.353. The molecular formula is C17H19N3O3. The zero-order chi connectivity index (χ0) is 16.4. The summed E-state index contributed by atoms with van der Waals surface area (Å²) in [5, 5.41) is 7.75. The second-order valence-electron chi connectivity index (χ2n) is 6.08. The van der Waals surface area contributed by atoms with Crippen LogP contribution in [0.25, 0.3) is 0 Å². The van der Waals surface area contributed by atoms with Gasteiger partial charge in [0.25, 0.3) is 5.91 Å². The molecule has 0 spiro atoms. The van der Waals surface area contributed by atoms with Gasteiger partial charge in [0.2, 0.25) is 5.91 Å². The molecule has 2 atom stereocenters. The Balaban J connectivity index is 1.78. The number of amides is 4. The number of benzene rings is 1. The Labute approximate surface area is 134 Å². The van der Waals surface area contributed by atoms with E-state index >= 15 is 0 Å². The van der Waals surface area contributed by atoms with E-state index in [1.807, 2.05) is 6.08 Å². The number of allylic oxidation sites excluding steroid dienone is 2. The topological polar surface area (TPSA) is 87.3 Å². The average molecular weight is 313 g/mol. The number of rotatable bonds is 3. The van der Waals surface area contributed by atoms with Crippen LogP contribution in [-0.4, -0.2) is 17.8 Å². The van der Waals surface area contributed by atoms with Gasteiger partial charge in [0.15, 0.2) is 0 Å². The van der Waals surface area contributed by atoms with E-state index in [1.165, 1.54) is 0 Å². The molecule has 6 nitrogen and oxygen atoms in total. The van der Waals surface area contributed by atoms with Crippen LogP contribution in [0.15, 0.2) is 36.4 Å². The van der Waals surface area contributed by atoms with Crippen molar-refractivity contribution in [2.24, 2.45) is 5.92 Å². The third-order valence-corrected chi connectivity index (χ3v) is 4.39. The van der Waals surface area contributed by atoms with Gasteiger partial charge in [-0.3, -0.25) is 14.9 Å². The average Bonchev–Trinajstić information content (AvgIpc) is 2.82. The molecule has 6 heteroatoms. The maximum absolute atomic E-state index is 12.3. The first-order chi connectivity index (χ1) is 11.0. The SMILES string of the molecule is CC1(c2cccc(NC(=O)C3CC=CCC3)c2)NC(=O)NC1=O. The molecule has 3 N–H and O–H groups in total. The first kappa shape index (κ1) is 15.3. The molecule has 1 aliphatic heterocycles. The fourth-order valence-electron chi connectivity index (χ4n) is 2.93.